The molecule has 0 spiro atoms. The minimum absolute atomic E-state index is 0.128. The summed E-state index contributed by atoms with van der Waals surface area (Å²) < 4.78 is 1.70. The highest BCUT2D eigenvalue weighted by molar-refractivity contribution is 6.00. The summed E-state index contributed by atoms with van der Waals surface area (Å²) in [6.45, 7) is 4.43. The molecule has 3 rings (SSSR count). The van der Waals surface area contributed by atoms with Crippen LogP contribution in [0.1, 0.15) is 27.0 Å². The molecule has 5 heteroatoms. The van der Waals surface area contributed by atoms with E-state index >= 15 is 0 Å². The normalized spacial score (nSPS) is 10.8. The molecule has 0 unspecified atom stereocenters. The van der Waals surface area contributed by atoms with Crippen molar-refractivity contribution in [1.29, 1.82) is 0 Å². The Morgan fingerprint density at radius 3 is 2.86 bits per heavy atom. The summed E-state index contributed by atoms with van der Waals surface area (Å²) in [5, 5.41) is 7.10. The molecule has 3 aromatic heterocycles. The Morgan fingerprint density at radius 1 is 1.19 bits per heavy atom. The van der Waals surface area contributed by atoms with Gasteiger partial charge in [-0.25, -0.2) is 4.52 Å². The van der Waals surface area contributed by atoms with Gasteiger partial charge in [0.2, 0.25) is 0 Å². The van der Waals surface area contributed by atoms with E-state index in [4.69, 9.17) is 0 Å². The van der Waals surface area contributed by atoms with Crippen LogP contribution in [0.15, 0.2) is 43.0 Å². The molecule has 1 amide bonds. The van der Waals surface area contributed by atoms with Gasteiger partial charge in [0.1, 0.15) is 0 Å². The van der Waals surface area contributed by atoms with E-state index in [-0.39, 0.29) is 5.91 Å². The highest BCUT2D eigenvalue weighted by Gasteiger charge is 2.12. The second kappa shape index (κ2) is 5.36. The fraction of sp³-hybridized carbons (Fsp3) is 0.188. The van der Waals surface area contributed by atoms with Crippen LogP contribution in [0.2, 0.25) is 0 Å². The lowest BCUT2D eigenvalue weighted by atomic mass is 10.2. The number of amides is 1. The first-order valence-electron chi connectivity index (χ1n) is 6.76. The van der Waals surface area contributed by atoms with Gasteiger partial charge in [0.25, 0.3) is 5.91 Å². The van der Waals surface area contributed by atoms with Gasteiger partial charge in [0.05, 0.1) is 17.3 Å². The molecule has 0 aliphatic carbocycles. The van der Waals surface area contributed by atoms with Gasteiger partial charge in [-0.2, -0.15) is 5.10 Å². The zero-order valence-corrected chi connectivity index (χ0v) is 12.0. The third-order valence-corrected chi connectivity index (χ3v) is 3.31. The van der Waals surface area contributed by atoms with Crippen molar-refractivity contribution in [3.05, 3.63) is 65.2 Å². The second-order valence-electron chi connectivity index (χ2n) is 5.15. The average Bonchev–Trinajstić information content (AvgIpc) is 2.88. The van der Waals surface area contributed by atoms with Gasteiger partial charge >= 0.3 is 0 Å². The maximum absolute atomic E-state index is 12.3. The average molecular weight is 280 g/mol. The van der Waals surface area contributed by atoms with Crippen molar-refractivity contribution in [2.75, 3.05) is 0 Å². The topological polar surface area (TPSA) is 59.3 Å². The Balaban J connectivity index is 1.79. The van der Waals surface area contributed by atoms with Crippen LogP contribution in [0.5, 0.6) is 0 Å². The number of nitrogens with zero attached hydrogens (tertiary/aromatic N) is 3. The number of fused-ring (bicyclic) bond motifs is 1. The summed E-state index contributed by atoms with van der Waals surface area (Å²) >= 11 is 0. The third-order valence-electron chi connectivity index (χ3n) is 3.31. The minimum Gasteiger partial charge on any atom is -0.348 e. The van der Waals surface area contributed by atoms with E-state index in [0.29, 0.717) is 12.1 Å². The van der Waals surface area contributed by atoms with Gasteiger partial charge in [-0.1, -0.05) is 6.07 Å². The monoisotopic (exact) mass is 280 g/mol. The predicted molar refractivity (Wildman–Crippen MR) is 80.1 cm³/mol. The summed E-state index contributed by atoms with van der Waals surface area (Å²) in [5.41, 5.74) is 4.55. The molecule has 3 aromatic rings. The number of hydrogen-bond donors (Lipinski definition) is 1. The number of rotatable bonds is 3. The predicted octanol–water partition coefficient (Wildman–Crippen LogP) is 2.28. The molecule has 0 aliphatic heterocycles. The number of nitrogens with one attached hydrogen (secondary N) is 1. The van der Waals surface area contributed by atoms with Crippen molar-refractivity contribution in [1.82, 2.24) is 19.9 Å². The second-order valence-corrected chi connectivity index (χ2v) is 5.15. The summed E-state index contributed by atoms with van der Waals surface area (Å²) in [6.07, 6.45) is 7.00. The third kappa shape index (κ3) is 2.76. The smallest absolute Gasteiger partial charge is 0.255 e. The first-order valence-corrected chi connectivity index (χ1v) is 6.76. The molecule has 0 saturated carbocycles. The van der Waals surface area contributed by atoms with Crippen LogP contribution < -0.4 is 5.32 Å². The van der Waals surface area contributed by atoms with Crippen molar-refractivity contribution < 1.29 is 4.79 Å². The molecule has 3 heterocycles. The summed E-state index contributed by atoms with van der Waals surface area (Å²) in [7, 11) is 0. The molecule has 0 aliphatic rings. The quantitative estimate of drug-likeness (QED) is 0.800. The van der Waals surface area contributed by atoms with Gasteiger partial charge in [-0.15, -0.1) is 0 Å². The first kappa shape index (κ1) is 13.3. The van der Waals surface area contributed by atoms with Crippen molar-refractivity contribution in [3.63, 3.8) is 0 Å². The Kier molecular flexibility index (Phi) is 3.39. The van der Waals surface area contributed by atoms with E-state index in [0.717, 1.165) is 22.2 Å². The Labute approximate surface area is 122 Å². The Bertz CT molecular complexity index is 807. The van der Waals surface area contributed by atoms with Gasteiger partial charge in [0, 0.05) is 25.1 Å². The van der Waals surface area contributed by atoms with Crippen molar-refractivity contribution in [2.24, 2.45) is 0 Å². The summed E-state index contributed by atoms with van der Waals surface area (Å²) in [4.78, 5) is 16.4. The molecule has 21 heavy (non-hydrogen) atoms. The zero-order valence-electron chi connectivity index (χ0n) is 12.0. The van der Waals surface area contributed by atoms with Crippen molar-refractivity contribution in [3.8, 4) is 0 Å². The molecule has 5 nitrogen and oxygen atoms in total. The van der Waals surface area contributed by atoms with E-state index in [1.165, 1.54) is 0 Å². The highest BCUT2D eigenvalue weighted by Crippen LogP contribution is 2.12. The van der Waals surface area contributed by atoms with E-state index in [1.54, 1.807) is 23.1 Å². The fourth-order valence-corrected chi connectivity index (χ4v) is 2.25. The lowest BCUT2D eigenvalue weighted by molar-refractivity contribution is 0.0952. The number of pyridine rings is 2. The molecule has 1 N–H and O–H groups in total. The summed E-state index contributed by atoms with van der Waals surface area (Å²) in [5.74, 6) is -0.128. The lowest BCUT2D eigenvalue weighted by Gasteiger charge is -2.05. The molecule has 0 radical (unpaired) electrons. The molecular weight excluding hydrogens is 264 g/mol. The van der Waals surface area contributed by atoms with Crippen molar-refractivity contribution in [2.45, 2.75) is 20.4 Å². The molecule has 0 atom stereocenters. The van der Waals surface area contributed by atoms with Crippen LogP contribution in [0, 0.1) is 13.8 Å². The number of carbonyl (C=O) groups excluding carboxylic acids is 1. The standard InChI is InChI=1S/C16H16N4O/c1-11-3-4-20-15(6-11)14(10-19-20)16(21)18-9-13-5-12(2)7-17-8-13/h3-8,10H,9H2,1-2H3,(H,18,21). The van der Waals surface area contributed by atoms with Gasteiger partial charge in [-0.05, 0) is 42.7 Å². The number of carbonyl (C=O) groups is 1. The molecule has 0 fully saturated rings. The minimum atomic E-state index is -0.128. The van der Waals surface area contributed by atoms with Crippen LogP contribution in [-0.2, 0) is 6.54 Å². The van der Waals surface area contributed by atoms with E-state index in [9.17, 15) is 4.79 Å². The lowest BCUT2D eigenvalue weighted by Crippen LogP contribution is -2.22. The molecule has 0 saturated heterocycles. The maximum Gasteiger partial charge on any atom is 0.255 e. The summed E-state index contributed by atoms with van der Waals surface area (Å²) in [6, 6.07) is 5.92. The van der Waals surface area contributed by atoms with Crippen LogP contribution in [0.25, 0.3) is 5.52 Å². The van der Waals surface area contributed by atoms with Gasteiger partial charge in [0.15, 0.2) is 0 Å². The molecule has 0 bridgehead atoms. The van der Waals surface area contributed by atoms with Gasteiger partial charge in [-0.3, -0.25) is 9.78 Å². The van der Waals surface area contributed by atoms with Crippen LogP contribution in [0.3, 0.4) is 0 Å². The van der Waals surface area contributed by atoms with E-state index in [1.807, 2.05) is 38.2 Å². The fourth-order valence-electron chi connectivity index (χ4n) is 2.25. The van der Waals surface area contributed by atoms with Gasteiger partial charge < -0.3 is 5.32 Å². The number of hydrogen-bond acceptors (Lipinski definition) is 3. The van der Waals surface area contributed by atoms with E-state index < -0.39 is 0 Å². The SMILES string of the molecule is Cc1cncc(CNC(=O)c2cnn3ccc(C)cc23)c1. The Morgan fingerprint density at radius 2 is 2.05 bits per heavy atom. The Hall–Kier alpha value is -2.69. The molecule has 0 aromatic carbocycles. The number of aryl methyl sites for hydroxylation is 2. The van der Waals surface area contributed by atoms with E-state index in [2.05, 4.69) is 15.4 Å². The van der Waals surface area contributed by atoms with Crippen LogP contribution >= 0.6 is 0 Å². The molecular formula is C16H16N4O. The zero-order chi connectivity index (χ0) is 14.8. The van der Waals surface area contributed by atoms with Crippen LogP contribution in [-0.4, -0.2) is 20.5 Å². The largest absolute Gasteiger partial charge is 0.348 e. The molecule has 106 valence electrons. The van der Waals surface area contributed by atoms with Crippen LogP contribution in [0.4, 0.5) is 0 Å². The first-order chi connectivity index (χ1) is 10.1. The maximum atomic E-state index is 12.3. The highest BCUT2D eigenvalue weighted by atomic mass is 16.1. The number of aromatic nitrogens is 3. The van der Waals surface area contributed by atoms with Crippen molar-refractivity contribution >= 4 is 11.4 Å².